The Hall–Kier alpha value is -2.98. The predicted molar refractivity (Wildman–Crippen MR) is 367 cm³/mol. The van der Waals surface area contributed by atoms with Gasteiger partial charge in [0.15, 0.2) is 12.2 Å². The Kier molecular flexibility index (Phi) is 62.3. The molecule has 3 unspecified atom stereocenters. The molecule has 0 spiro atoms. The molecule has 0 saturated heterocycles. The lowest BCUT2D eigenvalue weighted by Crippen LogP contribution is -2.30. The highest BCUT2D eigenvalue weighted by Crippen LogP contribution is 2.45. The molecule has 0 bridgehead atoms. The van der Waals surface area contributed by atoms with Crippen molar-refractivity contribution in [1.82, 2.24) is 0 Å². The first kappa shape index (κ1) is 88.0. The number of aliphatic hydroxyl groups excluding tert-OH is 1. The van der Waals surface area contributed by atoms with Crippen LogP contribution in [-0.4, -0.2) is 96.7 Å². The summed E-state index contributed by atoms with van der Waals surface area (Å²) in [6, 6.07) is 0. The fourth-order valence-corrected chi connectivity index (χ4v) is 11.5. The Bertz CT molecular complexity index is 1940. The van der Waals surface area contributed by atoms with Crippen LogP contribution in [0.25, 0.3) is 0 Å². The number of hydrogen-bond donors (Lipinski definition) is 3. The summed E-state index contributed by atoms with van der Waals surface area (Å²) < 4.78 is 68.2. The van der Waals surface area contributed by atoms with Crippen LogP contribution in [0.2, 0.25) is 0 Å². The fourth-order valence-electron chi connectivity index (χ4n) is 9.88. The largest absolute Gasteiger partial charge is 0.472 e. The van der Waals surface area contributed by atoms with E-state index in [1.54, 1.807) is 0 Å². The van der Waals surface area contributed by atoms with Crippen molar-refractivity contribution < 1.29 is 80.2 Å². The number of rotatable bonds is 68. The summed E-state index contributed by atoms with van der Waals surface area (Å²) in [5.41, 5.74) is 0. The fraction of sp³-hybridized carbons (Fsp3) is 0.833. The van der Waals surface area contributed by atoms with Crippen LogP contribution in [-0.2, 0) is 65.4 Å². The highest BCUT2D eigenvalue weighted by Gasteiger charge is 2.30. The molecule has 0 aromatic rings. The zero-order chi connectivity index (χ0) is 67.0. The van der Waals surface area contributed by atoms with Gasteiger partial charge in [-0.3, -0.25) is 37.3 Å². The normalized spacial score (nSPS) is 14.7. The lowest BCUT2D eigenvalue weighted by molar-refractivity contribution is -0.161. The summed E-state index contributed by atoms with van der Waals surface area (Å²) in [4.78, 5) is 72.5. The van der Waals surface area contributed by atoms with E-state index in [9.17, 15) is 43.2 Å². The second-order valence-electron chi connectivity index (χ2n) is 24.8. The van der Waals surface area contributed by atoms with Crippen LogP contribution >= 0.6 is 15.6 Å². The topological polar surface area (TPSA) is 237 Å². The number of allylic oxidation sites excluding steroid dienone is 8. The summed E-state index contributed by atoms with van der Waals surface area (Å²) in [7, 11) is -9.92. The van der Waals surface area contributed by atoms with Gasteiger partial charge in [-0.25, -0.2) is 9.13 Å². The number of aliphatic hydroxyl groups is 1. The number of carbonyl (C=O) groups excluding carboxylic acids is 4. The van der Waals surface area contributed by atoms with Gasteiger partial charge < -0.3 is 33.8 Å². The van der Waals surface area contributed by atoms with Crippen molar-refractivity contribution in [2.45, 2.75) is 342 Å². The molecule has 0 radical (unpaired) electrons. The number of unbranched alkanes of at least 4 members (excludes halogenated alkanes) is 33. The molecule has 17 nitrogen and oxygen atoms in total. The van der Waals surface area contributed by atoms with Gasteiger partial charge in [0, 0.05) is 25.7 Å². The smallest absolute Gasteiger partial charge is 0.462 e. The van der Waals surface area contributed by atoms with E-state index >= 15 is 0 Å². The number of phosphoric acid groups is 2. The van der Waals surface area contributed by atoms with Crippen LogP contribution < -0.4 is 0 Å². The maximum absolute atomic E-state index is 13.0. The SMILES string of the molecule is CCCCCC/C=C\C=C/CCCCCCCC(=O)OC[C@H](COP(=O)(O)OC[C@@H](O)COP(=O)(O)OC[C@@H](COC(=O)CCCCCCCCC)OC(=O)CCCCCCCCCCCCC(C)CC)OC(=O)CCCCCCC/C=C\C=C/CCCCCC. The van der Waals surface area contributed by atoms with E-state index in [0.29, 0.717) is 25.7 Å². The molecule has 0 rings (SSSR count). The molecule has 0 aromatic heterocycles. The van der Waals surface area contributed by atoms with Gasteiger partial charge in [0.1, 0.15) is 19.3 Å². The first-order valence-corrected chi connectivity index (χ1v) is 39.3. The number of ether oxygens (including phenoxy) is 4. The zero-order valence-corrected chi connectivity index (χ0v) is 59.7. The summed E-state index contributed by atoms with van der Waals surface area (Å²) >= 11 is 0. The van der Waals surface area contributed by atoms with Crippen LogP contribution in [0.5, 0.6) is 0 Å². The molecule has 0 heterocycles. The molecule has 91 heavy (non-hydrogen) atoms. The maximum atomic E-state index is 13.0. The van der Waals surface area contributed by atoms with Crippen molar-refractivity contribution >= 4 is 39.5 Å². The molecule has 0 saturated carbocycles. The second-order valence-corrected chi connectivity index (χ2v) is 27.8. The molecular weight excluding hydrogens is 1200 g/mol. The van der Waals surface area contributed by atoms with Gasteiger partial charge in [0.2, 0.25) is 0 Å². The Labute approximate surface area is 553 Å². The molecule has 0 aliphatic carbocycles. The Balaban J connectivity index is 5.29. The van der Waals surface area contributed by atoms with E-state index in [0.717, 1.165) is 141 Å². The molecule has 0 amide bonds. The van der Waals surface area contributed by atoms with Crippen LogP contribution in [0, 0.1) is 5.92 Å². The van der Waals surface area contributed by atoms with Gasteiger partial charge >= 0.3 is 39.5 Å². The van der Waals surface area contributed by atoms with E-state index in [2.05, 4.69) is 83.2 Å². The van der Waals surface area contributed by atoms with Gasteiger partial charge in [0.25, 0.3) is 0 Å². The van der Waals surface area contributed by atoms with Gasteiger partial charge in [-0.2, -0.15) is 0 Å². The molecule has 0 aromatic carbocycles. The number of carbonyl (C=O) groups is 4. The third-order valence-corrected chi connectivity index (χ3v) is 17.8. The predicted octanol–water partition coefficient (Wildman–Crippen LogP) is 20.0. The van der Waals surface area contributed by atoms with E-state index in [-0.39, 0.29) is 25.7 Å². The Morgan fingerprint density at radius 1 is 0.352 bits per heavy atom. The minimum absolute atomic E-state index is 0.0781. The van der Waals surface area contributed by atoms with Crippen LogP contribution in [0.4, 0.5) is 0 Å². The standard InChI is InChI=1S/C72H132O17P2/c1-6-10-13-16-19-21-23-25-27-29-31-36-41-46-51-56-70(75)83-62-68(89-71(76)57-52-47-42-37-32-30-28-26-24-22-20-17-14-11-7-2)64-87-91(80,81)85-60-66(73)59-84-90(78,79)86-63-67(61-82-69(74)55-50-45-39-18-15-12-8-3)88-72(77)58-53-48-43-38-34-33-35-40-44-49-54-65(5)9-4/h21-28,65-68,73H,6-20,29-64H2,1-5H3,(H,78,79)(H,80,81)/b23-21-,24-22-,27-25-,28-26-/t65?,66-,67+,68+/m0/s1. The van der Waals surface area contributed by atoms with Crippen molar-refractivity contribution in [3.05, 3.63) is 48.6 Å². The molecule has 6 atom stereocenters. The van der Waals surface area contributed by atoms with Gasteiger partial charge in [-0.15, -0.1) is 0 Å². The van der Waals surface area contributed by atoms with Crippen LogP contribution in [0.3, 0.4) is 0 Å². The lowest BCUT2D eigenvalue weighted by Gasteiger charge is -2.21. The van der Waals surface area contributed by atoms with Crippen molar-refractivity contribution in [2.75, 3.05) is 39.6 Å². The van der Waals surface area contributed by atoms with Gasteiger partial charge in [0.05, 0.1) is 26.4 Å². The summed E-state index contributed by atoms with van der Waals surface area (Å²) in [6.07, 6.45) is 57.1. The zero-order valence-electron chi connectivity index (χ0n) is 57.9. The van der Waals surface area contributed by atoms with Crippen LogP contribution in [0.15, 0.2) is 48.6 Å². The van der Waals surface area contributed by atoms with Crippen molar-refractivity contribution in [3.8, 4) is 0 Å². The number of phosphoric ester groups is 2. The minimum Gasteiger partial charge on any atom is -0.462 e. The highest BCUT2D eigenvalue weighted by atomic mass is 31.2. The Morgan fingerprint density at radius 2 is 0.615 bits per heavy atom. The average molecular weight is 1330 g/mol. The summed E-state index contributed by atoms with van der Waals surface area (Å²) in [5, 5.41) is 10.6. The molecule has 19 heteroatoms. The lowest BCUT2D eigenvalue weighted by atomic mass is 9.99. The number of hydrogen-bond acceptors (Lipinski definition) is 15. The van der Waals surface area contributed by atoms with Crippen LogP contribution in [0.1, 0.15) is 324 Å². The van der Waals surface area contributed by atoms with E-state index in [1.807, 2.05) is 0 Å². The number of esters is 4. The van der Waals surface area contributed by atoms with E-state index in [1.165, 1.54) is 103 Å². The second kappa shape index (κ2) is 64.4. The molecule has 3 N–H and O–H groups in total. The molecule has 0 aliphatic rings. The molecule has 0 aliphatic heterocycles. The monoisotopic (exact) mass is 1330 g/mol. The van der Waals surface area contributed by atoms with Crippen molar-refractivity contribution in [2.24, 2.45) is 5.92 Å². The summed E-state index contributed by atoms with van der Waals surface area (Å²) in [5.74, 6) is -1.39. The van der Waals surface area contributed by atoms with Gasteiger partial charge in [-0.05, 0) is 83.0 Å². The molecule has 532 valence electrons. The first-order valence-electron chi connectivity index (χ1n) is 36.3. The minimum atomic E-state index is -4.97. The first-order chi connectivity index (χ1) is 44.1. The third kappa shape index (κ3) is 64.2. The van der Waals surface area contributed by atoms with E-state index in [4.69, 9.17) is 37.0 Å². The summed E-state index contributed by atoms with van der Waals surface area (Å²) in [6.45, 7) is 7.10. The van der Waals surface area contributed by atoms with E-state index < -0.39 is 97.5 Å². The van der Waals surface area contributed by atoms with Crippen molar-refractivity contribution in [1.29, 1.82) is 0 Å². The maximum Gasteiger partial charge on any atom is 0.472 e. The Morgan fingerprint density at radius 3 is 0.934 bits per heavy atom. The average Bonchev–Trinajstić information content (AvgIpc) is 3.57. The van der Waals surface area contributed by atoms with Gasteiger partial charge in [-0.1, -0.05) is 269 Å². The quantitative estimate of drug-likeness (QED) is 0.0169. The molecule has 0 fully saturated rings. The third-order valence-electron chi connectivity index (χ3n) is 15.9. The highest BCUT2D eigenvalue weighted by molar-refractivity contribution is 7.47. The molecular formula is C72H132O17P2. The van der Waals surface area contributed by atoms with Crippen molar-refractivity contribution in [3.63, 3.8) is 0 Å².